The molecule has 156 valence electrons. The molecule has 2 unspecified atom stereocenters. The van der Waals surface area contributed by atoms with E-state index in [-0.39, 0.29) is 19.1 Å². The van der Waals surface area contributed by atoms with Crippen LogP contribution in [0.5, 0.6) is 5.75 Å². The molecule has 0 N–H and O–H groups in total. The average Bonchev–Trinajstić information content (AvgIpc) is 3.10. The summed E-state index contributed by atoms with van der Waals surface area (Å²) in [6, 6.07) is 5.65. The minimum Gasteiger partial charge on any atom is -0.476 e. The van der Waals surface area contributed by atoms with Gasteiger partial charge in [-0.15, -0.1) is 0 Å². The van der Waals surface area contributed by atoms with Gasteiger partial charge in [0.2, 0.25) is 0 Å². The van der Waals surface area contributed by atoms with Gasteiger partial charge in [0, 0.05) is 19.1 Å². The number of halogens is 1. The summed E-state index contributed by atoms with van der Waals surface area (Å²) in [5.41, 5.74) is -1.21. The highest BCUT2D eigenvalue weighted by Crippen LogP contribution is 2.25. The van der Waals surface area contributed by atoms with Gasteiger partial charge < -0.3 is 19.3 Å². The standard InChI is InChI=1S/C19H23ClN4O5/c1-19(2,29-13-7-5-12(20)6-8-13)17(26)28-10-9-24-11-21-15-14(24)16(25)23(4)18(27)22(15)3/h5-8,11,14-15H,9-10H2,1-4H3. The third-order valence-electron chi connectivity index (χ3n) is 4.84. The lowest BCUT2D eigenvalue weighted by molar-refractivity contribution is -0.159. The normalized spacial score (nSPS) is 21.5. The molecule has 2 aliphatic rings. The van der Waals surface area contributed by atoms with E-state index < -0.39 is 29.8 Å². The number of benzene rings is 1. The molecule has 2 atom stereocenters. The number of carbonyl (C=O) groups excluding carboxylic acids is 3. The quantitative estimate of drug-likeness (QED) is 0.647. The molecule has 9 nitrogen and oxygen atoms in total. The number of carbonyl (C=O) groups is 3. The van der Waals surface area contributed by atoms with Crippen molar-refractivity contribution < 1.29 is 23.9 Å². The zero-order chi connectivity index (χ0) is 21.3. The van der Waals surface area contributed by atoms with Crippen molar-refractivity contribution in [2.75, 3.05) is 27.2 Å². The van der Waals surface area contributed by atoms with Crippen LogP contribution in [0.4, 0.5) is 4.79 Å². The van der Waals surface area contributed by atoms with Crippen molar-refractivity contribution in [3.8, 4) is 5.75 Å². The van der Waals surface area contributed by atoms with E-state index in [9.17, 15) is 14.4 Å². The molecular formula is C19H23ClN4O5. The number of rotatable bonds is 6. The number of hydrogen-bond donors (Lipinski definition) is 0. The molecule has 0 aromatic heterocycles. The minimum atomic E-state index is -1.21. The van der Waals surface area contributed by atoms with Crippen LogP contribution in [0.2, 0.25) is 5.02 Å². The fourth-order valence-electron chi connectivity index (χ4n) is 3.16. The first kappa shape index (κ1) is 20.9. The molecule has 2 aliphatic heterocycles. The molecule has 1 fully saturated rings. The number of likely N-dealkylation sites (N-methyl/N-ethyl adjacent to an activating group) is 2. The number of aliphatic imine (C=N–C) groups is 1. The molecule has 2 heterocycles. The molecule has 1 aromatic carbocycles. The molecule has 0 radical (unpaired) electrons. The minimum absolute atomic E-state index is 0.0378. The maximum atomic E-state index is 12.5. The maximum Gasteiger partial charge on any atom is 0.349 e. The maximum absolute atomic E-state index is 12.5. The summed E-state index contributed by atoms with van der Waals surface area (Å²) in [7, 11) is 3.03. The van der Waals surface area contributed by atoms with Gasteiger partial charge in [0.25, 0.3) is 5.91 Å². The molecule has 1 aromatic rings. The highest BCUT2D eigenvalue weighted by atomic mass is 35.5. The van der Waals surface area contributed by atoms with Crippen molar-refractivity contribution in [2.24, 2.45) is 4.99 Å². The van der Waals surface area contributed by atoms with Crippen LogP contribution in [0.25, 0.3) is 0 Å². The Morgan fingerprint density at radius 1 is 1.21 bits per heavy atom. The number of amides is 3. The Kier molecular flexibility index (Phi) is 5.70. The topological polar surface area (TPSA) is 91.8 Å². The van der Waals surface area contributed by atoms with Crippen molar-refractivity contribution in [3.63, 3.8) is 0 Å². The third kappa shape index (κ3) is 4.14. The molecule has 3 amide bonds. The fraction of sp³-hybridized carbons (Fsp3) is 0.474. The summed E-state index contributed by atoms with van der Waals surface area (Å²) >= 11 is 5.85. The van der Waals surface area contributed by atoms with Gasteiger partial charge >= 0.3 is 12.0 Å². The zero-order valence-corrected chi connectivity index (χ0v) is 17.4. The van der Waals surface area contributed by atoms with E-state index in [1.165, 1.54) is 18.3 Å². The SMILES string of the molecule is CN1C(=O)C2C(N=CN2CCOC(=O)C(C)(C)Oc2ccc(Cl)cc2)N(C)C1=O. The van der Waals surface area contributed by atoms with Gasteiger partial charge in [-0.2, -0.15) is 0 Å². The Labute approximate surface area is 173 Å². The average molecular weight is 423 g/mol. The van der Waals surface area contributed by atoms with Crippen LogP contribution in [-0.2, 0) is 14.3 Å². The lowest BCUT2D eigenvalue weighted by Gasteiger charge is -2.39. The van der Waals surface area contributed by atoms with Crippen LogP contribution < -0.4 is 4.74 Å². The monoisotopic (exact) mass is 422 g/mol. The predicted octanol–water partition coefficient (Wildman–Crippen LogP) is 1.60. The molecule has 0 saturated carbocycles. The van der Waals surface area contributed by atoms with E-state index in [0.717, 1.165) is 4.90 Å². The third-order valence-corrected chi connectivity index (χ3v) is 5.09. The smallest absolute Gasteiger partial charge is 0.349 e. The molecule has 0 spiro atoms. The van der Waals surface area contributed by atoms with Gasteiger partial charge in [-0.3, -0.25) is 9.69 Å². The van der Waals surface area contributed by atoms with Gasteiger partial charge in [0.05, 0.1) is 12.9 Å². The molecule has 0 bridgehead atoms. The number of imide groups is 1. The van der Waals surface area contributed by atoms with Crippen molar-refractivity contribution in [1.29, 1.82) is 0 Å². The van der Waals surface area contributed by atoms with E-state index in [0.29, 0.717) is 10.8 Å². The van der Waals surface area contributed by atoms with Crippen molar-refractivity contribution in [1.82, 2.24) is 14.7 Å². The van der Waals surface area contributed by atoms with Gasteiger partial charge in [-0.05, 0) is 38.1 Å². The van der Waals surface area contributed by atoms with E-state index >= 15 is 0 Å². The summed E-state index contributed by atoms with van der Waals surface area (Å²) in [5.74, 6) is -0.387. The molecule has 3 rings (SSSR count). The second kappa shape index (κ2) is 7.90. The Morgan fingerprint density at radius 2 is 1.86 bits per heavy atom. The lowest BCUT2D eigenvalue weighted by atomic mass is 10.1. The van der Waals surface area contributed by atoms with E-state index in [2.05, 4.69) is 4.99 Å². The first-order valence-corrected chi connectivity index (χ1v) is 9.45. The van der Waals surface area contributed by atoms with Crippen LogP contribution in [0.1, 0.15) is 13.8 Å². The largest absolute Gasteiger partial charge is 0.476 e. The number of esters is 1. The van der Waals surface area contributed by atoms with Gasteiger partial charge in [-0.1, -0.05) is 11.6 Å². The summed E-state index contributed by atoms with van der Waals surface area (Å²) in [6.45, 7) is 3.51. The molecular weight excluding hydrogens is 400 g/mol. The predicted molar refractivity (Wildman–Crippen MR) is 106 cm³/mol. The van der Waals surface area contributed by atoms with E-state index in [1.54, 1.807) is 50.1 Å². The Hall–Kier alpha value is -2.81. The Balaban J connectivity index is 1.55. The van der Waals surface area contributed by atoms with Crippen LogP contribution >= 0.6 is 11.6 Å². The number of hydrogen-bond acceptors (Lipinski definition) is 7. The summed E-state index contributed by atoms with van der Waals surface area (Å²) in [4.78, 5) is 45.3. The molecule has 1 saturated heterocycles. The number of ether oxygens (including phenoxy) is 2. The van der Waals surface area contributed by atoms with Crippen LogP contribution in [0.15, 0.2) is 29.3 Å². The Bertz CT molecular complexity index is 842. The summed E-state index contributed by atoms with van der Waals surface area (Å²) in [5, 5.41) is 0.568. The van der Waals surface area contributed by atoms with E-state index in [4.69, 9.17) is 21.1 Å². The molecule has 10 heteroatoms. The van der Waals surface area contributed by atoms with Crippen molar-refractivity contribution >= 4 is 35.8 Å². The Morgan fingerprint density at radius 3 is 2.52 bits per heavy atom. The second-order valence-electron chi connectivity index (χ2n) is 7.35. The second-order valence-corrected chi connectivity index (χ2v) is 7.79. The first-order chi connectivity index (χ1) is 13.6. The van der Waals surface area contributed by atoms with Crippen LogP contribution in [-0.4, -0.2) is 84.0 Å². The summed E-state index contributed by atoms with van der Waals surface area (Å²) in [6.07, 6.45) is 0.936. The van der Waals surface area contributed by atoms with Gasteiger partial charge in [0.1, 0.15) is 12.4 Å². The van der Waals surface area contributed by atoms with Crippen LogP contribution in [0, 0.1) is 0 Å². The van der Waals surface area contributed by atoms with Crippen molar-refractivity contribution in [2.45, 2.75) is 31.7 Å². The van der Waals surface area contributed by atoms with Crippen LogP contribution in [0.3, 0.4) is 0 Å². The van der Waals surface area contributed by atoms with Gasteiger partial charge in [-0.25, -0.2) is 14.6 Å². The van der Waals surface area contributed by atoms with Gasteiger partial charge in [0.15, 0.2) is 17.8 Å². The molecule has 29 heavy (non-hydrogen) atoms. The molecule has 0 aliphatic carbocycles. The lowest BCUT2D eigenvalue weighted by Crippen LogP contribution is -2.63. The zero-order valence-electron chi connectivity index (χ0n) is 16.7. The number of urea groups is 1. The summed E-state index contributed by atoms with van der Waals surface area (Å²) < 4.78 is 11.1. The highest BCUT2D eigenvalue weighted by molar-refractivity contribution is 6.30. The van der Waals surface area contributed by atoms with E-state index in [1.807, 2.05) is 0 Å². The fourth-order valence-corrected chi connectivity index (χ4v) is 3.28. The highest BCUT2D eigenvalue weighted by Gasteiger charge is 2.48. The number of nitrogens with zero attached hydrogens (tertiary/aromatic N) is 4. The number of fused-ring (bicyclic) bond motifs is 1. The first-order valence-electron chi connectivity index (χ1n) is 9.07. The van der Waals surface area contributed by atoms with Crippen molar-refractivity contribution in [3.05, 3.63) is 29.3 Å².